The highest BCUT2D eigenvalue weighted by Crippen LogP contribution is 2.14. The fourth-order valence-electron chi connectivity index (χ4n) is 1.12. The Balaban J connectivity index is 2.85. The van der Waals surface area contributed by atoms with Crippen LogP contribution >= 0.6 is 0 Å². The second-order valence-electron chi connectivity index (χ2n) is 3.84. The van der Waals surface area contributed by atoms with Crippen LogP contribution in [0.25, 0.3) is 0 Å². The number of aliphatic hydroxyl groups is 1. The molecule has 0 amide bonds. The second kappa shape index (κ2) is 5.44. The predicted octanol–water partition coefficient (Wildman–Crippen LogP) is 0.387. The van der Waals surface area contributed by atoms with Crippen LogP contribution in [0.4, 0.5) is 0 Å². The van der Waals surface area contributed by atoms with Crippen molar-refractivity contribution < 1.29 is 22.7 Å². The van der Waals surface area contributed by atoms with Crippen molar-refractivity contribution in [2.75, 3.05) is 6.61 Å². The van der Waals surface area contributed by atoms with Crippen molar-refractivity contribution in [2.45, 2.75) is 25.0 Å². The first kappa shape index (κ1) is 13.9. The molecule has 96 valence electrons. The molecule has 2 N–H and O–H groups in total. The number of sulfonamides is 1. The summed E-state index contributed by atoms with van der Waals surface area (Å²) in [7, 11) is -3.79. The lowest BCUT2D eigenvalue weighted by molar-refractivity contribution is 0.109. The Morgan fingerprint density at radius 2 is 2.12 bits per heavy atom. The summed E-state index contributed by atoms with van der Waals surface area (Å²) in [6, 6.07) is 2.05. The first-order chi connectivity index (χ1) is 7.90. The van der Waals surface area contributed by atoms with Crippen LogP contribution in [-0.2, 0) is 10.0 Å². The minimum Gasteiger partial charge on any atom is -0.440 e. The lowest BCUT2D eigenvalue weighted by Crippen LogP contribution is -2.38. The summed E-state index contributed by atoms with van der Waals surface area (Å²) >= 11 is 0. The van der Waals surface area contributed by atoms with E-state index in [-0.39, 0.29) is 23.4 Å². The molecule has 2 unspecified atom stereocenters. The van der Waals surface area contributed by atoms with Gasteiger partial charge in [-0.05, 0) is 25.0 Å². The molecule has 0 aliphatic carbocycles. The lowest BCUT2D eigenvalue weighted by Gasteiger charge is -2.18. The lowest BCUT2D eigenvalue weighted by atomic mass is 10.1. The number of hydrogen-bond acceptors (Lipinski definition) is 5. The molecule has 0 spiro atoms. The largest absolute Gasteiger partial charge is 0.440 e. The molecule has 7 heteroatoms. The molecule has 1 rings (SSSR count). The third-order valence-corrected chi connectivity index (χ3v) is 3.90. The van der Waals surface area contributed by atoms with Gasteiger partial charge in [0, 0.05) is 12.6 Å². The zero-order valence-electron chi connectivity index (χ0n) is 9.58. The predicted molar refractivity (Wildman–Crippen MR) is 60.1 cm³/mol. The van der Waals surface area contributed by atoms with Crippen LogP contribution in [-0.4, -0.2) is 32.5 Å². The van der Waals surface area contributed by atoms with Gasteiger partial charge in [0.05, 0.1) is 0 Å². The van der Waals surface area contributed by atoms with Crippen molar-refractivity contribution in [1.29, 1.82) is 0 Å². The molecule has 0 aliphatic rings. The molecule has 0 fully saturated rings. The standard InChI is InChI=1S/C10H15NO5S/c1-7(5-12)8(2)11-17(14,15)10-4-3-9(6-13)16-10/h3-4,6-8,11-12H,5H2,1-2H3. The SMILES string of the molecule is CC(CO)C(C)NS(=O)(=O)c1ccc(C=O)o1. The number of rotatable bonds is 6. The average Bonchev–Trinajstić information content (AvgIpc) is 2.76. The van der Waals surface area contributed by atoms with E-state index in [4.69, 9.17) is 9.52 Å². The van der Waals surface area contributed by atoms with E-state index in [0.717, 1.165) is 0 Å². The van der Waals surface area contributed by atoms with E-state index in [1.807, 2.05) is 0 Å². The van der Waals surface area contributed by atoms with Gasteiger partial charge in [-0.2, -0.15) is 0 Å². The van der Waals surface area contributed by atoms with E-state index >= 15 is 0 Å². The number of carbonyl (C=O) groups excluding carboxylic acids is 1. The molecule has 0 bridgehead atoms. The normalized spacial score (nSPS) is 15.5. The maximum absolute atomic E-state index is 11.8. The van der Waals surface area contributed by atoms with Crippen molar-refractivity contribution in [2.24, 2.45) is 5.92 Å². The third-order valence-electron chi connectivity index (χ3n) is 2.47. The van der Waals surface area contributed by atoms with Gasteiger partial charge in [-0.15, -0.1) is 0 Å². The Labute approximate surface area is 99.7 Å². The van der Waals surface area contributed by atoms with Crippen LogP contribution in [0.2, 0.25) is 0 Å². The van der Waals surface area contributed by atoms with Crippen molar-refractivity contribution in [3.05, 3.63) is 17.9 Å². The van der Waals surface area contributed by atoms with Gasteiger partial charge >= 0.3 is 0 Å². The Kier molecular flexibility index (Phi) is 4.44. The van der Waals surface area contributed by atoms with Crippen LogP contribution < -0.4 is 4.72 Å². The Morgan fingerprint density at radius 3 is 2.59 bits per heavy atom. The summed E-state index contributed by atoms with van der Waals surface area (Å²) in [5.41, 5.74) is 0. The summed E-state index contributed by atoms with van der Waals surface area (Å²) < 4.78 is 30.8. The highest BCUT2D eigenvalue weighted by molar-refractivity contribution is 7.89. The minimum absolute atomic E-state index is 0.0479. The van der Waals surface area contributed by atoms with Gasteiger partial charge in [0.1, 0.15) is 0 Å². The van der Waals surface area contributed by atoms with Gasteiger partial charge in [0.2, 0.25) is 5.09 Å². The molecule has 0 saturated carbocycles. The summed E-state index contributed by atoms with van der Waals surface area (Å²) in [4.78, 5) is 10.4. The van der Waals surface area contributed by atoms with Gasteiger partial charge in [-0.1, -0.05) is 6.92 Å². The van der Waals surface area contributed by atoms with Crippen molar-refractivity contribution in [1.82, 2.24) is 4.72 Å². The number of carbonyl (C=O) groups is 1. The maximum atomic E-state index is 11.8. The molecule has 2 atom stereocenters. The fourth-order valence-corrected chi connectivity index (χ4v) is 2.41. The number of hydrogen-bond donors (Lipinski definition) is 2. The molecule has 17 heavy (non-hydrogen) atoms. The average molecular weight is 261 g/mol. The topological polar surface area (TPSA) is 96.6 Å². The summed E-state index contributed by atoms with van der Waals surface area (Å²) in [6.07, 6.45) is 0.429. The number of aliphatic hydroxyl groups excluding tert-OH is 1. The molecule has 0 saturated heterocycles. The number of aldehydes is 1. The highest BCUT2D eigenvalue weighted by atomic mass is 32.2. The molecule has 1 aromatic heterocycles. The van der Waals surface area contributed by atoms with Crippen LogP contribution in [0.1, 0.15) is 24.4 Å². The molecule has 0 radical (unpaired) electrons. The third kappa shape index (κ3) is 3.39. The molecule has 1 heterocycles. The van der Waals surface area contributed by atoms with Crippen LogP contribution in [0.3, 0.4) is 0 Å². The summed E-state index contributed by atoms with van der Waals surface area (Å²) in [5.74, 6) is -0.265. The van der Waals surface area contributed by atoms with E-state index in [1.54, 1.807) is 13.8 Å². The highest BCUT2D eigenvalue weighted by Gasteiger charge is 2.23. The second-order valence-corrected chi connectivity index (χ2v) is 5.49. The zero-order chi connectivity index (χ0) is 13.1. The zero-order valence-corrected chi connectivity index (χ0v) is 10.4. The number of furan rings is 1. The van der Waals surface area contributed by atoms with Gasteiger partial charge in [-0.25, -0.2) is 13.1 Å². The molecule has 0 aromatic carbocycles. The van der Waals surface area contributed by atoms with Gasteiger partial charge < -0.3 is 9.52 Å². The first-order valence-corrected chi connectivity index (χ1v) is 6.57. The van der Waals surface area contributed by atoms with Crippen LogP contribution in [0.5, 0.6) is 0 Å². The van der Waals surface area contributed by atoms with E-state index in [2.05, 4.69) is 4.72 Å². The summed E-state index contributed by atoms with van der Waals surface area (Å²) in [6.45, 7) is 3.23. The molecular weight excluding hydrogens is 246 g/mol. The van der Waals surface area contributed by atoms with E-state index in [0.29, 0.717) is 6.29 Å². The molecule has 6 nitrogen and oxygen atoms in total. The molecular formula is C10H15NO5S. The van der Waals surface area contributed by atoms with E-state index in [9.17, 15) is 13.2 Å². The van der Waals surface area contributed by atoms with Crippen molar-refractivity contribution in [3.8, 4) is 0 Å². The van der Waals surface area contributed by atoms with Crippen LogP contribution in [0, 0.1) is 5.92 Å². The van der Waals surface area contributed by atoms with Crippen molar-refractivity contribution >= 4 is 16.3 Å². The Hall–Kier alpha value is -1.18. The van der Waals surface area contributed by atoms with Gasteiger partial charge in [0.15, 0.2) is 12.0 Å². The number of nitrogens with one attached hydrogen (secondary N) is 1. The minimum atomic E-state index is -3.79. The molecule has 1 aromatic rings. The Bertz CT molecular complexity index is 479. The smallest absolute Gasteiger partial charge is 0.274 e. The fraction of sp³-hybridized carbons (Fsp3) is 0.500. The van der Waals surface area contributed by atoms with E-state index in [1.165, 1.54) is 12.1 Å². The monoisotopic (exact) mass is 261 g/mol. The maximum Gasteiger partial charge on any atom is 0.274 e. The van der Waals surface area contributed by atoms with Crippen LogP contribution in [0.15, 0.2) is 21.6 Å². The Morgan fingerprint density at radius 1 is 1.47 bits per heavy atom. The first-order valence-electron chi connectivity index (χ1n) is 5.09. The van der Waals surface area contributed by atoms with Crippen molar-refractivity contribution in [3.63, 3.8) is 0 Å². The quantitative estimate of drug-likeness (QED) is 0.722. The van der Waals surface area contributed by atoms with E-state index < -0.39 is 16.1 Å². The van der Waals surface area contributed by atoms with Gasteiger partial charge in [0.25, 0.3) is 10.0 Å². The molecule has 0 aliphatic heterocycles. The van der Waals surface area contributed by atoms with Gasteiger partial charge in [-0.3, -0.25) is 4.79 Å². The summed E-state index contributed by atoms with van der Waals surface area (Å²) in [5, 5.41) is 8.60.